The van der Waals surface area contributed by atoms with Crippen LogP contribution in [-0.2, 0) is 11.2 Å². The molecular weight excluding hydrogens is 232 g/mol. The van der Waals surface area contributed by atoms with Crippen molar-refractivity contribution in [2.24, 2.45) is 5.73 Å². The van der Waals surface area contributed by atoms with Crippen LogP contribution in [0.15, 0.2) is 30.3 Å². The summed E-state index contributed by atoms with van der Waals surface area (Å²) < 4.78 is 0. The molecule has 92 valence electrons. The largest absolute Gasteiger partial charge is 0.368 e. The van der Waals surface area contributed by atoms with Crippen molar-refractivity contribution >= 4 is 17.7 Å². The van der Waals surface area contributed by atoms with E-state index in [0.717, 1.165) is 25.1 Å². The molecule has 4 heteroatoms. The number of thioether (sulfide) groups is 1. The smallest absolute Gasteiger partial charge is 0.234 e. The molecular formula is C13H18N2OS. The topological polar surface area (TPSA) is 55.1 Å². The molecule has 1 fully saturated rings. The average molecular weight is 250 g/mol. The predicted molar refractivity (Wildman–Crippen MR) is 72.0 cm³/mol. The molecule has 0 aliphatic carbocycles. The average Bonchev–Trinajstić information content (AvgIpc) is 2.79. The summed E-state index contributed by atoms with van der Waals surface area (Å²) in [5.74, 6) is 0.873. The number of nitrogens with two attached hydrogens (primary N) is 1. The molecule has 1 aromatic carbocycles. The summed E-state index contributed by atoms with van der Waals surface area (Å²) in [6.07, 6.45) is 1.96. The zero-order chi connectivity index (χ0) is 12.1. The van der Waals surface area contributed by atoms with Gasteiger partial charge in [-0.2, -0.15) is 11.8 Å². The fraction of sp³-hybridized carbons (Fsp3) is 0.462. The Hall–Kier alpha value is -1.00. The van der Waals surface area contributed by atoms with Crippen LogP contribution in [0.5, 0.6) is 0 Å². The Morgan fingerprint density at radius 3 is 2.82 bits per heavy atom. The van der Waals surface area contributed by atoms with Gasteiger partial charge in [-0.3, -0.25) is 4.79 Å². The van der Waals surface area contributed by atoms with Gasteiger partial charge in [0.1, 0.15) is 0 Å². The summed E-state index contributed by atoms with van der Waals surface area (Å²) in [4.78, 5) is 11.0. The van der Waals surface area contributed by atoms with Crippen molar-refractivity contribution in [2.45, 2.75) is 24.1 Å². The van der Waals surface area contributed by atoms with Gasteiger partial charge in [0.2, 0.25) is 5.91 Å². The van der Waals surface area contributed by atoms with E-state index in [2.05, 4.69) is 29.6 Å². The van der Waals surface area contributed by atoms with E-state index in [1.165, 1.54) is 5.56 Å². The Kier molecular flexibility index (Phi) is 4.45. The minimum atomic E-state index is -0.226. The number of rotatable bonds is 5. The highest BCUT2D eigenvalue weighted by Crippen LogP contribution is 2.21. The molecule has 3 N–H and O–H groups in total. The van der Waals surface area contributed by atoms with Gasteiger partial charge in [0.15, 0.2) is 0 Å². The molecule has 1 heterocycles. The molecule has 1 aliphatic rings. The van der Waals surface area contributed by atoms with Gasteiger partial charge in [0, 0.05) is 11.8 Å². The third kappa shape index (κ3) is 3.75. The molecule has 1 aromatic rings. The summed E-state index contributed by atoms with van der Waals surface area (Å²) in [6, 6.07) is 10.4. The number of carbonyl (C=O) groups is 1. The molecule has 1 saturated heterocycles. The Labute approximate surface area is 106 Å². The normalized spacial score (nSPS) is 23.8. The number of aryl methyl sites for hydroxylation is 1. The lowest BCUT2D eigenvalue weighted by atomic mass is 10.2. The van der Waals surface area contributed by atoms with Crippen molar-refractivity contribution in [2.75, 3.05) is 12.3 Å². The van der Waals surface area contributed by atoms with Crippen molar-refractivity contribution in [3.8, 4) is 0 Å². The molecule has 0 aromatic heterocycles. The Morgan fingerprint density at radius 2 is 2.18 bits per heavy atom. The van der Waals surface area contributed by atoms with Gasteiger partial charge in [0.25, 0.3) is 0 Å². The highest BCUT2D eigenvalue weighted by Gasteiger charge is 2.27. The number of nitrogens with one attached hydrogen (secondary N) is 1. The number of hydrogen-bond acceptors (Lipinski definition) is 3. The standard InChI is InChI=1S/C13H18N2OS/c14-13(16)12-8-11(9-15-12)17-7-6-10-4-2-1-3-5-10/h1-5,11-12,15H,6-9H2,(H2,14,16)/t11-,12+/m1/s1. The van der Waals surface area contributed by atoms with Gasteiger partial charge in [-0.05, 0) is 24.2 Å². The number of benzene rings is 1. The first-order valence-electron chi connectivity index (χ1n) is 5.94. The van der Waals surface area contributed by atoms with Crippen molar-refractivity contribution in [3.63, 3.8) is 0 Å². The van der Waals surface area contributed by atoms with E-state index in [9.17, 15) is 4.79 Å². The fourth-order valence-corrected chi connectivity index (χ4v) is 3.26. The Morgan fingerprint density at radius 1 is 1.41 bits per heavy atom. The van der Waals surface area contributed by atoms with E-state index in [4.69, 9.17) is 5.73 Å². The highest BCUT2D eigenvalue weighted by molar-refractivity contribution is 7.99. The second kappa shape index (κ2) is 6.07. The zero-order valence-corrected chi connectivity index (χ0v) is 10.6. The minimum absolute atomic E-state index is 0.121. The van der Waals surface area contributed by atoms with Crippen LogP contribution >= 0.6 is 11.8 Å². The van der Waals surface area contributed by atoms with Crippen LogP contribution in [0.4, 0.5) is 0 Å². The molecule has 17 heavy (non-hydrogen) atoms. The predicted octanol–water partition coefficient (Wildman–Crippen LogP) is 1.18. The number of primary amides is 1. The molecule has 0 bridgehead atoms. The summed E-state index contributed by atoms with van der Waals surface area (Å²) in [7, 11) is 0. The molecule has 2 atom stereocenters. The second-order valence-corrected chi connectivity index (χ2v) is 5.74. The lowest BCUT2D eigenvalue weighted by Gasteiger charge is -2.08. The summed E-state index contributed by atoms with van der Waals surface area (Å²) >= 11 is 1.93. The van der Waals surface area contributed by atoms with Gasteiger partial charge in [-0.15, -0.1) is 0 Å². The zero-order valence-electron chi connectivity index (χ0n) is 9.76. The molecule has 0 unspecified atom stereocenters. The third-order valence-corrected chi connectivity index (χ3v) is 4.29. The lowest BCUT2D eigenvalue weighted by molar-refractivity contribution is -0.119. The third-order valence-electron chi connectivity index (χ3n) is 3.02. The van der Waals surface area contributed by atoms with E-state index in [0.29, 0.717) is 5.25 Å². The second-order valence-electron chi connectivity index (χ2n) is 4.33. The fourth-order valence-electron chi connectivity index (χ4n) is 2.04. The maximum absolute atomic E-state index is 11.0. The first-order valence-corrected chi connectivity index (χ1v) is 6.99. The molecule has 0 radical (unpaired) electrons. The molecule has 3 nitrogen and oxygen atoms in total. The maximum atomic E-state index is 11.0. The highest BCUT2D eigenvalue weighted by atomic mass is 32.2. The van der Waals surface area contributed by atoms with Crippen molar-refractivity contribution in [1.82, 2.24) is 5.32 Å². The lowest BCUT2D eigenvalue weighted by Crippen LogP contribution is -2.36. The Bertz CT molecular complexity index is 369. The van der Waals surface area contributed by atoms with Crippen molar-refractivity contribution in [1.29, 1.82) is 0 Å². The molecule has 0 saturated carbocycles. The van der Waals surface area contributed by atoms with Gasteiger partial charge >= 0.3 is 0 Å². The van der Waals surface area contributed by atoms with Gasteiger partial charge in [-0.1, -0.05) is 30.3 Å². The summed E-state index contributed by atoms with van der Waals surface area (Å²) in [5, 5.41) is 3.68. The van der Waals surface area contributed by atoms with E-state index < -0.39 is 0 Å². The van der Waals surface area contributed by atoms with E-state index in [1.807, 2.05) is 17.8 Å². The Balaban J connectivity index is 1.68. The van der Waals surface area contributed by atoms with Gasteiger partial charge in [-0.25, -0.2) is 0 Å². The summed E-state index contributed by atoms with van der Waals surface area (Å²) in [5.41, 5.74) is 6.64. The van der Waals surface area contributed by atoms with Crippen LogP contribution < -0.4 is 11.1 Å². The van der Waals surface area contributed by atoms with Crippen molar-refractivity contribution in [3.05, 3.63) is 35.9 Å². The quantitative estimate of drug-likeness (QED) is 0.825. The van der Waals surface area contributed by atoms with Crippen molar-refractivity contribution < 1.29 is 4.79 Å². The molecule has 0 spiro atoms. The summed E-state index contributed by atoms with van der Waals surface area (Å²) in [6.45, 7) is 0.896. The van der Waals surface area contributed by atoms with E-state index in [-0.39, 0.29) is 11.9 Å². The van der Waals surface area contributed by atoms with Crippen LogP contribution in [-0.4, -0.2) is 29.5 Å². The van der Waals surface area contributed by atoms with E-state index in [1.54, 1.807) is 0 Å². The number of carbonyl (C=O) groups excluding carboxylic acids is 1. The number of hydrogen-bond donors (Lipinski definition) is 2. The maximum Gasteiger partial charge on any atom is 0.234 e. The first-order chi connectivity index (χ1) is 8.25. The van der Waals surface area contributed by atoms with Crippen LogP contribution in [0.1, 0.15) is 12.0 Å². The van der Waals surface area contributed by atoms with Crippen LogP contribution in [0.3, 0.4) is 0 Å². The number of amides is 1. The SMILES string of the molecule is NC(=O)[C@@H]1C[C@@H](SCCc2ccccc2)CN1. The van der Waals surface area contributed by atoms with Crippen LogP contribution in [0, 0.1) is 0 Å². The van der Waals surface area contributed by atoms with Gasteiger partial charge < -0.3 is 11.1 Å². The minimum Gasteiger partial charge on any atom is -0.368 e. The molecule has 1 amide bonds. The first kappa shape index (κ1) is 12.5. The van der Waals surface area contributed by atoms with Gasteiger partial charge in [0.05, 0.1) is 6.04 Å². The monoisotopic (exact) mass is 250 g/mol. The molecule has 1 aliphatic heterocycles. The van der Waals surface area contributed by atoms with Crippen LogP contribution in [0.2, 0.25) is 0 Å². The van der Waals surface area contributed by atoms with E-state index >= 15 is 0 Å². The molecule has 2 rings (SSSR count). The van der Waals surface area contributed by atoms with Crippen LogP contribution in [0.25, 0.3) is 0 Å².